The SMILES string of the molecule is CCN(CC)CC1CC(c2ccccc2)(c2ccccc2)OC1=O. The van der Waals surface area contributed by atoms with Gasteiger partial charge in [0.2, 0.25) is 0 Å². The summed E-state index contributed by atoms with van der Waals surface area (Å²) in [5.41, 5.74) is 1.43. The van der Waals surface area contributed by atoms with E-state index in [1.165, 1.54) is 0 Å². The van der Waals surface area contributed by atoms with Crippen LogP contribution in [0, 0.1) is 5.92 Å². The van der Waals surface area contributed by atoms with Gasteiger partial charge in [-0.3, -0.25) is 4.79 Å². The highest BCUT2D eigenvalue weighted by molar-refractivity contribution is 5.77. The van der Waals surface area contributed by atoms with Gasteiger partial charge in [0.05, 0.1) is 5.92 Å². The van der Waals surface area contributed by atoms with Crippen LogP contribution in [0.3, 0.4) is 0 Å². The fourth-order valence-electron chi connectivity index (χ4n) is 3.59. The molecule has 1 saturated heterocycles. The molecule has 1 heterocycles. The maximum atomic E-state index is 12.7. The number of hydrogen-bond acceptors (Lipinski definition) is 3. The number of benzene rings is 2. The molecule has 3 rings (SSSR count). The fraction of sp³-hybridized carbons (Fsp3) is 0.381. The summed E-state index contributed by atoms with van der Waals surface area (Å²) in [7, 11) is 0. The Balaban J connectivity index is 1.98. The molecule has 0 spiro atoms. The van der Waals surface area contributed by atoms with Crippen molar-refractivity contribution in [1.29, 1.82) is 0 Å². The first kappa shape index (κ1) is 16.7. The van der Waals surface area contributed by atoms with Crippen molar-refractivity contribution >= 4 is 5.97 Å². The van der Waals surface area contributed by atoms with Gasteiger partial charge in [-0.15, -0.1) is 0 Å². The highest BCUT2D eigenvalue weighted by atomic mass is 16.6. The van der Waals surface area contributed by atoms with Gasteiger partial charge in [-0.05, 0) is 13.1 Å². The Hall–Kier alpha value is -2.13. The summed E-state index contributed by atoms with van der Waals surface area (Å²) in [6, 6.07) is 20.2. The molecule has 24 heavy (non-hydrogen) atoms. The first-order chi connectivity index (χ1) is 11.7. The molecule has 0 aromatic heterocycles. The van der Waals surface area contributed by atoms with Gasteiger partial charge in [-0.2, -0.15) is 0 Å². The minimum Gasteiger partial charge on any atom is -0.449 e. The Bertz CT molecular complexity index is 625. The van der Waals surface area contributed by atoms with Gasteiger partial charge < -0.3 is 9.64 Å². The van der Waals surface area contributed by atoms with Crippen LogP contribution in [0.4, 0.5) is 0 Å². The summed E-state index contributed by atoms with van der Waals surface area (Å²) >= 11 is 0. The summed E-state index contributed by atoms with van der Waals surface area (Å²) in [6.07, 6.45) is 0.691. The molecule has 1 fully saturated rings. The topological polar surface area (TPSA) is 29.5 Å². The van der Waals surface area contributed by atoms with Crippen LogP contribution in [-0.4, -0.2) is 30.5 Å². The quantitative estimate of drug-likeness (QED) is 0.757. The predicted octanol–water partition coefficient (Wildman–Crippen LogP) is 3.84. The Labute approximate surface area is 144 Å². The fourth-order valence-corrected chi connectivity index (χ4v) is 3.59. The molecule has 1 aliphatic rings. The lowest BCUT2D eigenvalue weighted by atomic mass is 9.81. The smallest absolute Gasteiger partial charge is 0.311 e. The molecular formula is C21H25NO2. The van der Waals surface area contributed by atoms with E-state index in [4.69, 9.17) is 4.74 Å². The van der Waals surface area contributed by atoms with Gasteiger partial charge in [0.1, 0.15) is 0 Å². The van der Waals surface area contributed by atoms with E-state index in [9.17, 15) is 4.79 Å². The van der Waals surface area contributed by atoms with Gasteiger partial charge in [-0.25, -0.2) is 0 Å². The van der Waals surface area contributed by atoms with Crippen molar-refractivity contribution in [3.05, 3.63) is 71.8 Å². The molecule has 2 aromatic carbocycles. The van der Waals surface area contributed by atoms with Crippen molar-refractivity contribution < 1.29 is 9.53 Å². The van der Waals surface area contributed by atoms with Crippen molar-refractivity contribution in [2.45, 2.75) is 25.9 Å². The lowest BCUT2D eigenvalue weighted by Gasteiger charge is -2.29. The zero-order valence-electron chi connectivity index (χ0n) is 14.4. The largest absolute Gasteiger partial charge is 0.449 e. The van der Waals surface area contributed by atoms with Crippen molar-refractivity contribution in [3.8, 4) is 0 Å². The number of carbonyl (C=O) groups excluding carboxylic acids is 1. The predicted molar refractivity (Wildman–Crippen MR) is 95.7 cm³/mol. The van der Waals surface area contributed by atoms with Crippen LogP contribution in [0.5, 0.6) is 0 Å². The number of hydrogen-bond donors (Lipinski definition) is 0. The first-order valence-electron chi connectivity index (χ1n) is 8.76. The molecule has 3 nitrogen and oxygen atoms in total. The molecule has 1 atom stereocenters. The van der Waals surface area contributed by atoms with Gasteiger partial charge in [-0.1, -0.05) is 74.5 Å². The minimum absolute atomic E-state index is 0.0883. The molecule has 0 aliphatic carbocycles. The summed E-state index contributed by atoms with van der Waals surface area (Å²) in [6.45, 7) is 6.91. The van der Waals surface area contributed by atoms with Gasteiger partial charge in [0, 0.05) is 24.1 Å². The van der Waals surface area contributed by atoms with Crippen LogP contribution in [0.25, 0.3) is 0 Å². The molecular weight excluding hydrogens is 298 g/mol. The molecule has 0 amide bonds. The molecule has 0 N–H and O–H groups in total. The van der Waals surface area contributed by atoms with Crippen LogP contribution in [0.2, 0.25) is 0 Å². The average Bonchev–Trinajstić information content (AvgIpc) is 2.98. The highest BCUT2D eigenvalue weighted by Gasteiger charge is 2.49. The van der Waals surface area contributed by atoms with Crippen LogP contribution >= 0.6 is 0 Å². The number of cyclic esters (lactones) is 1. The van der Waals surface area contributed by atoms with E-state index in [1.807, 2.05) is 36.4 Å². The summed E-state index contributed by atoms with van der Waals surface area (Å²) in [5, 5.41) is 0. The van der Waals surface area contributed by atoms with Crippen LogP contribution in [-0.2, 0) is 15.1 Å². The Morgan fingerprint density at radius 1 is 0.958 bits per heavy atom. The third-order valence-electron chi connectivity index (χ3n) is 5.00. The third kappa shape index (κ3) is 3.09. The summed E-state index contributed by atoms with van der Waals surface area (Å²) in [5.74, 6) is -0.181. The number of carbonyl (C=O) groups is 1. The van der Waals surface area contributed by atoms with Crippen molar-refractivity contribution in [3.63, 3.8) is 0 Å². The second-order valence-electron chi connectivity index (χ2n) is 6.37. The van der Waals surface area contributed by atoms with Crippen LogP contribution in [0.15, 0.2) is 60.7 Å². The van der Waals surface area contributed by atoms with E-state index in [0.29, 0.717) is 6.42 Å². The van der Waals surface area contributed by atoms with Gasteiger partial charge in [0.15, 0.2) is 5.60 Å². The first-order valence-corrected chi connectivity index (χ1v) is 8.76. The van der Waals surface area contributed by atoms with E-state index in [-0.39, 0.29) is 11.9 Å². The van der Waals surface area contributed by atoms with Crippen molar-refractivity contribution in [1.82, 2.24) is 4.90 Å². The molecule has 126 valence electrons. The minimum atomic E-state index is -0.669. The van der Waals surface area contributed by atoms with E-state index < -0.39 is 5.60 Å². The number of rotatable bonds is 6. The Kier molecular flexibility index (Phi) is 5.00. The molecule has 3 heteroatoms. The number of ether oxygens (including phenoxy) is 1. The lowest BCUT2D eigenvalue weighted by Crippen LogP contribution is -2.31. The molecule has 0 saturated carbocycles. The Morgan fingerprint density at radius 2 is 1.46 bits per heavy atom. The highest BCUT2D eigenvalue weighted by Crippen LogP contribution is 2.45. The van der Waals surface area contributed by atoms with Gasteiger partial charge >= 0.3 is 5.97 Å². The van der Waals surface area contributed by atoms with E-state index in [2.05, 4.69) is 43.0 Å². The zero-order chi connectivity index (χ0) is 17.0. The molecule has 0 radical (unpaired) electrons. The number of esters is 1. The molecule has 2 aromatic rings. The van der Waals surface area contributed by atoms with Crippen molar-refractivity contribution in [2.75, 3.05) is 19.6 Å². The second-order valence-corrected chi connectivity index (χ2v) is 6.37. The lowest BCUT2D eigenvalue weighted by molar-refractivity contribution is -0.149. The van der Waals surface area contributed by atoms with E-state index in [0.717, 1.165) is 30.8 Å². The monoisotopic (exact) mass is 323 g/mol. The standard InChI is InChI=1S/C21H25NO2/c1-3-22(4-2)16-17-15-21(24-20(17)23,18-11-7-5-8-12-18)19-13-9-6-10-14-19/h5-14,17H,3-4,15-16H2,1-2H3. The van der Waals surface area contributed by atoms with E-state index >= 15 is 0 Å². The van der Waals surface area contributed by atoms with Crippen molar-refractivity contribution in [2.24, 2.45) is 5.92 Å². The van der Waals surface area contributed by atoms with E-state index in [1.54, 1.807) is 0 Å². The Morgan fingerprint density at radius 3 is 1.92 bits per heavy atom. The van der Waals surface area contributed by atoms with Crippen LogP contribution in [0.1, 0.15) is 31.4 Å². The van der Waals surface area contributed by atoms with Gasteiger partial charge in [0.25, 0.3) is 0 Å². The second kappa shape index (κ2) is 7.18. The zero-order valence-corrected chi connectivity index (χ0v) is 14.4. The third-order valence-corrected chi connectivity index (χ3v) is 5.00. The maximum Gasteiger partial charge on any atom is 0.311 e. The normalized spacial score (nSPS) is 19.5. The molecule has 1 aliphatic heterocycles. The number of nitrogens with zero attached hydrogens (tertiary/aromatic N) is 1. The molecule has 0 bridgehead atoms. The summed E-state index contributed by atoms with van der Waals surface area (Å²) < 4.78 is 6.06. The molecule has 1 unspecified atom stereocenters. The maximum absolute atomic E-state index is 12.7. The summed E-state index contributed by atoms with van der Waals surface area (Å²) in [4.78, 5) is 14.9. The van der Waals surface area contributed by atoms with Crippen LogP contribution < -0.4 is 0 Å². The average molecular weight is 323 g/mol.